The lowest BCUT2D eigenvalue weighted by atomic mass is 10.00. The number of ether oxygens (including phenoxy) is 1. The van der Waals surface area contributed by atoms with Gasteiger partial charge in [0.2, 0.25) is 13.3 Å². The summed E-state index contributed by atoms with van der Waals surface area (Å²) in [7, 11) is -3.75. The number of hydrogen-bond donors (Lipinski definition) is 3. The van der Waals surface area contributed by atoms with Gasteiger partial charge in [0.05, 0.1) is 11.7 Å². The summed E-state index contributed by atoms with van der Waals surface area (Å²) in [6.45, 7) is 3.06. The van der Waals surface area contributed by atoms with Crippen molar-refractivity contribution in [3.8, 4) is 0 Å². The number of carbonyl (C=O) groups is 2. The highest BCUT2D eigenvalue weighted by atomic mass is 79.9. The highest BCUT2D eigenvalue weighted by Crippen LogP contribution is 2.45. The summed E-state index contributed by atoms with van der Waals surface area (Å²) in [6.07, 6.45) is -0.0412. The number of halogens is 1. The van der Waals surface area contributed by atoms with Crippen LogP contribution in [0.25, 0.3) is 0 Å². The van der Waals surface area contributed by atoms with Crippen LogP contribution < -0.4 is 11.1 Å². The fraction of sp³-hybridized carbons (Fsp3) is 0.364. The summed E-state index contributed by atoms with van der Waals surface area (Å²) in [4.78, 5) is 35.4. The third kappa shape index (κ3) is 8.22. The Hall–Kier alpha value is -1.99. The molecule has 7 nitrogen and oxygen atoms in total. The molecule has 0 aliphatic carbocycles. The number of esters is 1. The highest BCUT2D eigenvalue weighted by molar-refractivity contribution is 9.10. The van der Waals surface area contributed by atoms with Crippen LogP contribution in [0, 0.1) is 5.92 Å². The zero-order chi connectivity index (χ0) is 23.0. The van der Waals surface area contributed by atoms with Crippen molar-refractivity contribution >= 4 is 35.2 Å². The average Bonchev–Trinajstić information content (AvgIpc) is 2.73. The smallest absolute Gasteiger partial charge is 0.328 e. The molecule has 0 aliphatic rings. The highest BCUT2D eigenvalue weighted by Gasteiger charge is 2.33. The lowest BCUT2D eigenvalue weighted by molar-refractivity contribution is -0.148. The Kier molecular flexibility index (Phi) is 9.44. The van der Waals surface area contributed by atoms with E-state index in [4.69, 9.17) is 10.5 Å². The Labute approximate surface area is 191 Å². The van der Waals surface area contributed by atoms with Crippen LogP contribution in [0.2, 0.25) is 0 Å². The van der Waals surface area contributed by atoms with Crippen LogP contribution in [-0.4, -0.2) is 34.8 Å². The Bertz CT molecular complexity index is 921. The second-order valence-electron chi connectivity index (χ2n) is 7.53. The monoisotopic (exact) mass is 510 g/mol. The predicted octanol–water partition coefficient (Wildman–Crippen LogP) is 3.43. The SMILES string of the molecule is CC(NC(=O)C(Cc1ccc(Br)cc1)CP(=O)(O)C(C)N)C(=O)OCc1ccccc1. The van der Waals surface area contributed by atoms with Gasteiger partial charge in [-0.05, 0) is 43.5 Å². The van der Waals surface area contributed by atoms with E-state index in [0.29, 0.717) is 0 Å². The van der Waals surface area contributed by atoms with Crippen molar-refractivity contribution in [2.45, 2.75) is 38.7 Å². The van der Waals surface area contributed by atoms with Crippen molar-refractivity contribution in [3.05, 3.63) is 70.2 Å². The maximum absolute atomic E-state index is 12.9. The van der Waals surface area contributed by atoms with Crippen LogP contribution in [0.1, 0.15) is 25.0 Å². The summed E-state index contributed by atoms with van der Waals surface area (Å²) in [6, 6.07) is 15.6. The largest absolute Gasteiger partial charge is 0.459 e. The molecule has 2 rings (SSSR count). The molecular formula is C22H28BrN2O5P. The summed E-state index contributed by atoms with van der Waals surface area (Å²) in [5, 5.41) is 2.61. The van der Waals surface area contributed by atoms with E-state index in [1.165, 1.54) is 13.8 Å². The lowest BCUT2D eigenvalue weighted by Gasteiger charge is -2.23. The van der Waals surface area contributed by atoms with Crippen molar-refractivity contribution < 1.29 is 23.8 Å². The molecule has 0 radical (unpaired) electrons. The van der Waals surface area contributed by atoms with Gasteiger partial charge in [0.25, 0.3) is 0 Å². The zero-order valence-corrected chi connectivity index (χ0v) is 20.0. The fourth-order valence-corrected chi connectivity index (χ4v) is 4.39. The minimum Gasteiger partial charge on any atom is -0.459 e. The van der Waals surface area contributed by atoms with Crippen LogP contribution in [0.3, 0.4) is 0 Å². The summed E-state index contributed by atoms with van der Waals surface area (Å²) in [5.41, 5.74) is 7.31. The standard InChI is InChI=1S/C22H28BrN2O5P/c1-15(22(27)30-13-18-6-4-3-5-7-18)25-21(26)19(14-31(28,29)16(2)24)12-17-8-10-20(23)11-9-17/h3-11,15-16,19H,12-14,24H2,1-2H3,(H,25,26)(H,28,29). The van der Waals surface area contributed by atoms with Gasteiger partial charge in [-0.1, -0.05) is 58.4 Å². The van der Waals surface area contributed by atoms with E-state index in [1.807, 2.05) is 54.6 Å². The first kappa shape index (κ1) is 25.3. The van der Waals surface area contributed by atoms with Gasteiger partial charge in [0, 0.05) is 10.6 Å². The molecule has 31 heavy (non-hydrogen) atoms. The van der Waals surface area contributed by atoms with Gasteiger partial charge in [-0.25, -0.2) is 4.79 Å². The molecule has 2 aromatic carbocycles. The van der Waals surface area contributed by atoms with E-state index in [9.17, 15) is 19.0 Å². The second kappa shape index (κ2) is 11.6. The quantitative estimate of drug-likeness (QED) is 0.332. The first-order valence-electron chi connectivity index (χ1n) is 9.91. The molecule has 0 saturated carbocycles. The molecule has 4 unspecified atom stereocenters. The molecule has 2 aromatic rings. The molecule has 9 heteroatoms. The minimum atomic E-state index is -3.75. The second-order valence-corrected chi connectivity index (χ2v) is 11.1. The lowest BCUT2D eigenvalue weighted by Crippen LogP contribution is -2.44. The Morgan fingerprint density at radius 2 is 1.71 bits per heavy atom. The van der Waals surface area contributed by atoms with Crippen LogP contribution in [0.4, 0.5) is 0 Å². The normalized spacial score (nSPS) is 15.9. The molecule has 0 heterocycles. The molecule has 0 aromatic heterocycles. The van der Waals surface area contributed by atoms with Crippen molar-refractivity contribution in [1.82, 2.24) is 5.32 Å². The molecule has 0 fully saturated rings. The number of rotatable bonds is 10. The maximum atomic E-state index is 12.9. The molecule has 4 atom stereocenters. The van der Waals surface area contributed by atoms with Gasteiger partial charge in [0.15, 0.2) is 0 Å². The van der Waals surface area contributed by atoms with Crippen LogP contribution in [0.5, 0.6) is 0 Å². The van der Waals surface area contributed by atoms with Crippen molar-refractivity contribution in [2.75, 3.05) is 6.16 Å². The van der Waals surface area contributed by atoms with E-state index in [-0.39, 0.29) is 19.2 Å². The number of benzene rings is 2. The number of carbonyl (C=O) groups excluding carboxylic acids is 2. The Morgan fingerprint density at radius 1 is 1.10 bits per heavy atom. The van der Waals surface area contributed by atoms with E-state index >= 15 is 0 Å². The fourth-order valence-electron chi connectivity index (χ4n) is 2.87. The molecule has 0 saturated heterocycles. The topological polar surface area (TPSA) is 119 Å². The summed E-state index contributed by atoms with van der Waals surface area (Å²) >= 11 is 3.36. The van der Waals surface area contributed by atoms with Crippen molar-refractivity contribution in [3.63, 3.8) is 0 Å². The Morgan fingerprint density at radius 3 is 2.29 bits per heavy atom. The average molecular weight is 511 g/mol. The third-order valence-electron chi connectivity index (χ3n) is 4.82. The molecular weight excluding hydrogens is 483 g/mol. The van der Waals surface area contributed by atoms with Crippen molar-refractivity contribution in [1.29, 1.82) is 0 Å². The Balaban J connectivity index is 2.05. The molecule has 4 N–H and O–H groups in total. The maximum Gasteiger partial charge on any atom is 0.328 e. The van der Waals surface area contributed by atoms with Gasteiger partial charge >= 0.3 is 5.97 Å². The van der Waals surface area contributed by atoms with Crippen LogP contribution in [0.15, 0.2) is 59.1 Å². The number of nitrogens with one attached hydrogen (secondary N) is 1. The first-order chi connectivity index (χ1) is 14.6. The van der Waals surface area contributed by atoms with Gasteiger partial charge < -0.3 is 20.7 Å². The molecule has 0 spiro atoms. The van der Waals surface area contributed by atoms with Crippen molar-refractivity contribution in [2.24, 2.45) is 11.7 Å². The molecule has 0 bridgehead atoms. The zero-order valence-electron chi connectivity index (χ0n) is 17.5. The molecule has 0 aliphatic heterocycles. The van der Waals surface area contributed by atoms with E-state index in [2.05, 4.69) is 21.2 Å². The molecule has 168 valence electrons. The first-order valence-corrected chi connectivity index (χ1v) is 12.6. The number of nitrogens with two attached hydrogens (primary N) is 1. The van der Waals surface area contributed by atoms with Gasteiger partial charge in [0.1, 0.15) is 12.6 Å². The van der Waals surface area contributed by atoms with Gasteiger partial charge in [-0.2, -0.15) is 0 Å². The third-order valence-corrected chi connectivity index (χ3v) is 7.59. The number of hydrogen-bond acceptors (Lipinski definition) is 5. The van der Waals surface area contributed by atoms with E-state index < -0.39 is 37.0 Å². The number of amides is 1. The van der Waals surface area contributed by atoms with E-state index in [0.717, 1.165) is 15.6 Å². The van der Waals surface area contributed by atoms with Crippen LogP contribution >= 0.6 is 23.3 Å². The van der Waals surface area contributed by atoms with E-state index in [1.54, 1.807) is 0 Å². The van der Waals surface area contributed by atoms with Gasteiger partial charge in [-0.3, -0.25) is 9.36 Å². The van der Waals surface area contributed by atoms with Gasteiger partial charge in [-0.15, -0.1) is 0 Å². The summed E-state index contributed by atoms with van der Waals surface area (Å²) < 4.78 is 18.6. The minimum absolute atomic E-state index is 0.0960. The predicted molar refractivity (Wildman–Crippen MR) is 124 cm³/mol. The summed E-state index contributed by atoms with van der Waals surface area (Å²) in [5.74, 6) is -2.87. The molecule has 1 amide bonds. The van der Waals surface area contributed by atoms with Crippen LogP contribution in [-0.2, 0) is 31.9 Å².